The number of halogens is 1. The van der Waals surface area contributed by atoms with Gasteiger partial charge in [-0.2, -0.15) is 9.78 Å². The van der Waals surface area contributed by atoms with Gasteiger partial charge in [0.2, 0.25) is 0 Å². The van der Waals surface area contributed by atoms with Gasteiger partial charge in [0.25, 0.3) is 5.91 Å². The van der Waals surface area contributed by atoms with Crippen molar-refractivity contribution in [3.05, 3.63) is 62.7 Å². The average molecular weight is 486 g/mol. The monoisotopic (exact) mass is 485 g/mol. The summed E-state index contributed by atoms with van der Waals surface area (Å²) in [6.45, 7) is 11.3. The Hall–Kier alpha value is -2.22. The zero-order chi connectivity index (χ0) is 23.6. The highest BCUT2D eigenvalue weighted by Crippen LogP contribution is 2.31. The van der Waals surface area contributed by atoms with Crippen molar-refractivity contribution >= 4 is 34.7 Å². The fourth-order valence-corrected chi connectivity index (χ4v) is 5.15. The molecule has 176 valence electrons. The molecule has 4 heterocycles. The molecule has 1 fully saturated rings. The zero-order valence-corrected chi connectivity index (χ0v) is 21.3. The number of pyridine rings is 1. The van der Waals surface area contributed by atoms with Gasteiger partial charge >= 0.3 is 0 Å². The molecule has 8 heteroatoms. The van der Waals surface area contributed by atoms with Crippen LogP contribution in [0.15, 0.2) is 36.4 Å². The van der Waals surface area contributed by atoms with Gasteiger partial charge in [0.1, 0.15) is 5.82 Å². The van der Waals surface area contributed by atoms with Crippen LogP contribution in [0.2, 0.25) is 4.34 Å². The van der Waals surface area contributed by atoms with Crippen molar-refractivity contribution in [2.24, 2.45) is 5.41 Å². The summed E-state index contributed by atoms with van der Waals surface area (Å²) < 4.78 is 2.33. The fourth-order valence-electron chi connectivity index (χ4n) is 4.13. The Balaban J connectivity index is 1.45. The summed E-state index contributed by atoms with van der Waals surface area (Å²) in [7, 11) is 0. The maximum absolute atomic E-state index is 13.1. The Morgan fingerprint density at radius 2 is 1.97 bits per heavy atom. The number of hydrogen-bond donors (Lipinski definition) is 1. The predicted octanol–water partition coefficient (Wildman–Crippen LogP) is 5.98. The molecule has 1 saturated heterocycles. The van der Waals surface area contributed by atoms with Crippen LogP contribution in [0.5, 0.6) is 0 Å². The quantitative estimate of drug-likeness (QED) is 0.465. The number of carbonyl (C=O) groups excluding carboxylic acids is 1. The smallest absolute Gasteiger partial charge is 0.254 e. The molecule has 33 heavy (non-hydrogen) atoms. The molecule has 6 nitrogen and oxygen atoms in total. The molecule has 0 amide bonds. The molecule has 0 unspecified atom stereocenters. The van der Waals surface area contributed by atoms with E-state index in [9.17, 15) is 4.79 Å². The number of likely N-dealkylation sites (tertiary alicyclic amines) is 1. The lowest BCUT2D eigenvalue weighted by Crippen LogP contribution is -2.33. The summed E-state index contributed by atoms with van der Waals surface area (Å²) in [5.74, 6) is 1.08. The molecule has 4 rings (SSSR count). The molecule has 0 aliphatic carbocycles. The van der Waals surface area contributed by atoms with E-state index in [1.165, 1.54) is 0 Å². The summed E-state index contributed by atoms with van der Waals surface area (Å²) in [6, 6.07) is 12.2. The van der Waals surface area contributed by atoms with E-state index in [4.69, 9.17) is 16.7 Å². The highest BCUT2D eigenvalue weighted by atomic mass is 35.5. The van der Waals surface area contributed by atoms with Crippen molar-refractivity contribution < 1.29 is 4.79 Å². The van der Waals surface area contributed by atoms with E-state index in [0.717, 1.165) is 64.6 Å². The van der Waals surface area contributed by atoms with Gasteiger partial charge in [-0.15, -0.1) is 11.3 Å². The fraction of sp³-hybridized carbons (Fsp3) is 0.480. The number of anilines is 1. The number of hydrogen-bond acceptors (Lipinski definition) is 6. The standard InChI is InChI=1S/C25H32ClN5OS/c1-17-6-5-7-19(28-17)16-30-12-10-18(11-13-30)21-14-23(27-15-20-8-9-22(26)33-20)31(29-21)24(32)25(2,3)4/h5-9,14,18,27H,10-13,15-16H2,1-4H3. The van der Waals surface area contributed by atoms with Crippen LogP contribution in [0.1, 0.15) is 66.3 Å². The molecule has 1 aliphatic heterocycles. The summed E-state index contributed by atoms with van der Waals surface area (Å²) in [5, 5.41) is 8.20. The van der Waals surface area contributed by atoms with E-state index in [1.807, 2.05) is 45.9 Å². The van der Waals surface area contributed by atoms with Crippen molar-refractivity contribution in [2.75, 3.05) is 18.4 Å². The zero-order valence-electron chi connectivity index (χ0n) is 19.8. The molecule has 0 radical (unpaired) electrons. The highest BCUT2D eigenvalue weighted by molar-refractivity contribution is 7.16. The molecular formula is C25H32ClN5OS. The van der Waals surface area contributed by atoms with Crippen LogP contribution in [0.3, 0.4) is 0 Å². The van der Waals surface area contributed by atoms with Crippen molar-refractivity contribution in [1.82, 2.24) is 19.7 Å². The van der Waals surface area contributed by atoms with Gasteiger partial charge in [-0.25, -0.2) is 0 Å². The first kappa shape index (κ1) is 23.9. The van der Waals surface area contributed by atoms with Gasteiger partial charge in [0.15, 0.2) is 0 Å². The molecule has 0 aromatic carbocycles. The number of carbonyl (C=O) groups is 1. The predicted molar refractivity (Wildman–Crippen MR) is 135 cm³/mol. The first-order chi connectivity index (χ1) is 15.7. The summed E-state index contributed by atoms with van der Waals surface area (Å²) in [4.78, 5) is 21.3. The van der Waals surface area contributed by atoms with E-state index in [0.29, 0.717) is 12.5 Å². The highest BCUT2D eigenvalue weighted by Gasteiger charge is 2.29. The second-order valence-electron chi connectivity index (χ2n) is 9.80. The Bertz CT molecular complexity index is 1110. The second kappa shape index (κ2) is 9.95. The van der Waals surface area contributed by atoms with E-state index >= 15 is 0 Å². The summed E-state index contributed by atoms with van der Waals surface area (Å²) in [6.07, 6.45) is 2.04. The molecule has 3 aromatic rings. The van der Waals surface area contributed by atoms with Gasteiger partial charge in [0.05, 0.1) is 22.3 Å². The van der Waals surface area contributed by atoms with Crippen molar-refractivity contribution in [1.29, 1.82) is 0 Å². The SMILES string of the molecule is Cc1cccc(CN2CCC(c3cc(NCc4ccc(Cl)s4)n(C(=O)C(C)(C)C)n3)CC2)n1. The van der Waals surface area contributed by atoms with Crippen molar-refractivity contribution in [3.63, 3.8) is 0 Å². The largest absolute Gasteiger partial charge is 0.365 e. The Morgan fingerprint density at radius 1 is 1.21 bits per heavy atom. The number of aromatic nitrogens is 3. The maximum Gasteiger partial charge on any atom is 0.254 e. The van der Waals surface area contributed by atoms with Crippen molar-refractivity contribution in [2.45, 2.75) is 59.5 Å². The third-order valence-corrected chi connectivity index (χ3v) is 7.20. The van der Waals surface area contributed by atoms with Crippen LogP contribution < -0.4 is 5.32 Å². The van der Waals surface area contributed by atoms with Crippen LogP contribution in [0, 0.1) is 12.3 Å². The number of piperidine rings is 1. The first-order valence-corrected chi connectivity index (χ1v) is 12.7. The van der Waals surface area contributed by atoms with Crippen molar-refractivity contribution in [3.8, 4) is 0 Å². The number of thiophene rings is 1. The van der Waals surface area contributed by atoms with Crippen LogP contribution in [0.25, 0.3) is 0 Å². The van der Waals surface area contributed by atoms with E-state index in [1.54, 1.807) is 16.0 Å². The lowest BCUT2D eigenvalue weighted by Gasteiger charge is -2.30. The molecule has 0 saturated carbocycles. The topological polar surface area (TPSA) is 63.0 Å². The molecule has 0 atom stereocenters. The minimum atomic E-state index is -0.518. The molecule has 3 aromatic heterocycles. The number of nitrogens with one attached hydrogen (secondary N) is 1. The van der Waals surface area contributed by atoms with E-state index in [-0.39, 0.29) is 5.91 Å². The van der Waals surface area contributed by atoms with Gasteiger partial charge < -0.3 is 5.32 Å². The molecule has 0 spiro atoms. The minimum absolute atomic E-state index is 0.0107. The number of nitrogens with zero attached hydrogens (tertiary/aromatic N) is 4. The lowest BCUT2D eigenvalue weighted by atomic mass is 9.93. The third kappa shape index (κ3) is 6.02. The van der Waals surface area contributed by atoms with Crippen LogP contribution in [0.4, 0.5) is 5.82 Å². The Kier molecular flexibility index (Phi) is 7.22. The van der Waals surface area contributed by atoms with Gasteiger partial charge in [-0.05, 0) is 57.1 Å². The first-order valence-electron chi connectivity index (χ1n) is 11.5. The maximum atomic E-state index is 13.1. The van der Waals surface area contributed by atoms with Gasteiger partial charge in [-0.1, -0.05) is 38.4 Å². The van der Waals surface area contributed by atoms with Crippen LogP contribution in [-0.2, 0) is 13.1 Å². The molecule has 1 N–H and O–H groups in total. The third-order valence-electron chi connectivity index (χ3n) is 5.97. The van der Waals surface area contributed by atoms with E-state index < -0.39 is 5.41 Å². The summed E-state index contributed by atoms with van der Waals surface area (Å²) in [5.41, 5.74) is 2.65. The molecule has 1 aliphatic rings. The second-order valence-corrected chi connectivity index (χ2v) is 11.6. The minimum Gasteiger partial charge on any atom is -0.365 e. The number of rotatable bonds is 6. The van der Waals surface area contributed by atoms with Crippen LogP contribution >= 0.6 is 22.9 Å². The van der Waals surface area contributed by atoms with Crippen LogP contribution in [-0.4, -0.2) is 38.7 Å². The lowest BCUT2D eigenvalue weighted by molar-refractivity contribution is 0.0750. The average Bonchev–Trinajstić information content (AvgIpc) is 3.37. The molecular weight excluding hydrogens is 454 g/mol. The van der Waals surface area contributed by atoms with Gasteiger partial charge in [-0.3, -0.25) is 14.7 Å². The van der Waals surface area contributed by atoms with Gasteiger partial charge in [0, 0.05) is 34.5 Å². The summed E-state index contributed by atoms with van der Waals surface area (Å²) >= 11 is 7.61. The molecule has 0 bridgehead atoms. The Labute approximate surface area is 205 Å². The van der Waals surface area contributed by atoms with E-state index in [2.05, 4.69) is 33.4 Å². The normalized spacial score (nSPS) is 15.7. The Morgan fingerprint density at radius 3 is 2.61 bits per heavy atom. The number of aryl methyl sites for hydroxylation is 1.